The molecule has 74 valence electrons. The van der Waals surface area contributed by atoms with Crippen molar-refractivity contribution < 1.29 is 5.11 Å². The van der Waals surface area contributed by atoms with Gasteiger partial charge in [0.2, 0.25) is 0 Å². The molecule has 1 aromatic carbocycles. The van der Waals surface area contributed by atoms with Crippen LogP contribution in [-0.2, 0) is 0 Å². The van der Waals surface area contributed by atoms with Crippen molar-refractivity contribution in [3.8, 4) is 12.3 Å². The van der Waals surface area contributed by atoms with E-state index in [1.54, 1.807) is 12.4 Å². The summed E-state index contributed by atoms with van der Waals surface area (Å²) in [6.45, 7) is 0. The molecular formula is C12H10N2O. The molecule has 1 N–H and O–H groups in total. The van der Waals surface area contributed by atoms with Crippen molar-refractivity contribution in [2.45, 2.75) is 12.5 Å². The molecule has 1 unspecified atom stereocenters. The van der Waals surface area contributed by atoms with Gasteiger partial charge in [-0.05, 0) is 17.7 Å². The lowest BCUT2D eigenvalue weighted by molar-refractivity contribution is 0.184. The Morgan fingerprint density at radius 3 is 2.73 bits per heavy atom. The average Bonchev–Trinajstić information content (AvgIpc) is 2.29. The van der Waals surface area contributed by atoms with E-state index in [0.29, 0.717) is 6.42 Å². The molecule has 2 rings (SSSR count). The van der Waals surface area contributed by atoms with E-state index in [1.165, 1.54) is 0 Å². The number of benzene rings is 1. The second-order valence-corrected chi connectivity index (χ2v) is 3.23. The molecular weight excluding hydrogens is 188 g/mol. The Bertz CT molecular complexity index is 516. The first kappa shape index (κ1) is 9.63. The lowest BCUT2D eigenvalue weighted by Gasteiger charge is -2.07. The average molecular weight is 198 g/mol. The van der Waals surface area contributed by atoms with Crippen LogP contribution in [0, 0.1) is 12.3 Å². The van der Waals surface area contributed by atoms with Crippen LogP contribution in [0.5, 0.6) is 0 Å². The van der Waals surface area contributed by atoms with Gasteiger partial charge < -0.3 is 5.11 Å². The summed E-state index contributed by atoms with van der Waals surface area (Å²) in [5.74, 6) is 2.43. The summed E-state index contributed by atoms with van der Waals surface area (Å²) in [7, 11) is 0. The van der Waals surface area contributed by atoms with E-state index in [9.17, 15) is 5.11 Å². The lowest BCUT2D eigenvalue weighted by atomic mass is 10.1. The van der Waals surface area contributed by atoms with Crippen LogP contribution >= 0.6 is 0 Å². The largest absolute Gasteiger partial charge is 0.387 e. The van der Waals surface area contributed by atoms with Crippen molar-refractivity contribution in [3.63, 3.8) is 0 Å². The van der Waals surface area contributed by atoms with Gasteiger partial charge in [-0.2, -0.15) is 0 Å². The fraction of sp³-hybridized carbons (Fsp3) is 0.167. The molecule has 0 amide bonds. The fourth-order valence-electron chi connectivity index (χ4n) is 1.42. The highest BCUT2D eigenvalue weighted by atomic mass is 16.3. The third-order valence-corrected chi connectivity index (χ3v) is 2.19. The topological polar surface area (TPSA) is 46.0 Å². The van der Waals surface area contributed by atoms with Crippen LogP contribution in [0.1, 0.15) is 18.1 Å². The summed E-state index contributed by atoms with van der Waals surface area (Å²) in [6.07, 6.45) is 8.09. The molecule has 0 spiro atoms. The van der Waals surface area contributed by atoms with E-state index in [-0.39, 0.29) is 0 Å². The number of hydrogen-bond acceptors (Lipinski definition) is 3. The standard InChI is InChI=1S/C12H10N2O/c1-2-3-12(15)9-4-5-10-11(8-9)14-7-6-13-10/h1,4-8,12,15H,3H2. The van der Waals surface area contributed by atoms with Crippen molar-refractivity contribution >= 4 is 11.0 Å². The number of aliphatic hydroxyl groups is 1. The molecule has 1 aromatic heterocycles. The highest BCUT2D eigenvalue weighted by molar-refractivity contribution is 5.74. The smallest absolute Gasteiger partial charge is 0.0899 e. The number of aromatic nitrogens is 2. The van der Waals surface area contributed by atoms with E-state index in [4.69, 9.17) is 6.42 Å². The maximum absolute atomic E-state index is 9.69. The van der Waals surface area contributed by atoms with E-state index >= 15 is 0 Å². The monoisotopic (exact) mass is 198 g/mol. The summed E-state index contributed by atoms with van der Waals surface area (Å²) in [5, 5.41) is 9.69. The number of fused-ring (bicyclic) bond motifs is 1. The van der Waals surface area contributed by atoms with Crippen LogP contribution in [0.25, 0.3) is 11.0 Å². The number of hydrogen-bond donors (Lipinski definition) is 1. The third-order valence-electron chi connectivity index (χ3n) is 2.19. The minimum atomic E-state index is -0.624. The molecule has 0 aliphatic heterocycles. The Hall–Kier alpha value is -1.92. The zero-order valence-electron chi connectivity index (χ0n) is 8.09. The molecule has 1 heterocycles. The maximum Gasteiger partial charge on any atom is 0.0899 e. The van der Waals surface area contributed by atoms with Gasteiger partial charge in [0.1, 0.15) is 0 Å². The first-order valence-corrected chi connectivity index (χ1v) is 4.63. The van der Waals surface area contributed by atoms with E-state index in [2.05, 4.69) is 15.9 Å². The summed E-state index contributed by atoms with van der Waals surface area (Å²) < 4.78 is 0. The van der Waals surface area contributed by atoms with Crippen molar-refractivity contribution in [2.75, 3.05) is 0 Å². The Morgan fingerprint density at radius 2 is 2.00 bits per heavy atom. The van der Waals surface area contributed by atoms with Crippen molar-refractivity contribution in [3.05, 3.63) is 36.2 Å². The van der Waals surface area contributed by atoms with Crippen LogP contribution < -0.4 is 0 Å². The highest BCUT2D eigenvalue weighted by Crippen LogP contribution is 2.19. The molecule has 0 aliphatic rings. The molecule has 0 saturated heterocycles. The first-order valence-electron chi connectivity index (χ1n) is 4.63. The van der Waals surface area contributed by atoms with Gasteiger partial charge in [0.25, 0.3) is 0 Å². The van der Waals surface area contributed by atoms with Crippen molar-refractivity contribution in [2.24, 2.45) is 0 Å². The van der Waals surface area contributed by atoms with Crippen molar-refractivity contribution in [1.29, 1.82) is 0 Å². The number of rotatable bonds is 2. The number of nitrogens with zero attached hydrogens (tertiary/aromatic N) is 2. The molecule has 0 radical (unpaired) electrons. The van der Waals surface area contributed by atoms with Crippen LogP contribution in [0.3, 0.4) is 0 Å². The Kier molecular flexibility index (Phi) is 2.61. The normalized spacial score (nSPS) is 12.3. The molecule has 0 bridgehead atoms. The predicted molar refractivity (Wildman–Crippen MR) is 57.9 cm³/mol. The van der Waals surface area contributed by atoms with Crippen molar-refractivity contribution in [1.82, 2.24) is 9.97 Å². The summed E-state index contributed by atoms with van der Waals surface area (Å²) in [5.41, 5.74) is 2.36. The quantitative estimate of drug-likeness (QED) is 0.747. The predicted octanol–water partition coefficient (Wildman–Crippen LogP) is 1.69. The minimum Gasteiger partial charge on any atom is -0.387 e. The zero-order chi connectivity index (χ0) is 10.7. The van der Waals surface area contributed by atoms with Crippen LogP contribution in [0.4, 0.5) is 0 Å². The third kappa shape index (κ3) is 1.95. The van der Waals surface area contributed by atoms with Gasteiger partial charge in [-0.15, -0.1) is 12.3 Å². The van der Waals surface area contributed by atoms with Crippen LogP contribution in [0.15, 0.2) is 30.6 Å². The van der Waals surface area contributed by atoms with Gasteiger partial charge in [0.05, 0.1) is 17.1 Å². The molecule has 15 heavy (non-hydrogen) atoms. The Labute approximate surface area is 87.8 Å². The van der Waals surface area contributed by atoms with Crippen LogP contribution in [0.2, 0.25) is 0 Å². The molecule has 3 nitrogen and oxygen atoms in total. The first-order chi connectivity index (χ1) is 7.31. The van der Waals surface area contributed by atoms with Gasteiger partial charge in [-0.1, -0.05) is 6.07 Å². The van der Waals surface area contributed by atoms with E-state index < -0.39 is 6.10 Å². The summed E-state index contributed by atoms with van der Waals surface area (Å²) in [6, 6.07) is 5.46. The number of aliphatic hydroxyl groups excluding tert-OH is 1. The van der Waals surface area contributed by atoms with E-state index in [0.717, 1.165) is 16.6 Å². The van der Waals surface area contributed by atoms with Gasteiger partial charge in [0, 0.05) is 18.8 Å². The SMILES string of the molecule is C#CCC(O)c1ccc2nccnc2c1. The second-order valence-electron chi connectivity index (χ2n) is 3.23. The lowest BCUT2D eigenvalue weighted by Crippen LogP contribution is -1.96. The molecule has 0 fully saturated rings. The molecule has 0 aliphatic carbocycles. The molecule has 2 aromatic rings. The fourth-order valence-corrected chi connectivity index (χ4v) is 1.42. The molecule has 3 heteroatoms. The Balaban J connectivity index is 2.43. The summed E-state index contributed by atoms with van der Waals surface area (Å²) >= 11 is 0. The maximum atomic E-state index is 9.69. The number of terminal acetylenes is 1. The van der Waals surface area contributed by atoms with Gasteiger partial charge in [0.15, 0.2) is 0 Å². The molecule has 0 saturated carbocycles. The minimum absolute atomic E-state index is 0.311. The zero-order valence-corrected chi connectivity index (χ0v) is 8.09. The summed E-state index contributed by atoms with van der Waals surface area (Å²) in [4.78, 5) is 8.30. The van der Waals surface area contributed by atoms with Gasteiger partial charge >= 0.3 is 0 Å². The second kappa shape index (κ2) is 4.07. The van der Waals surface area contributed by atoms with Crippen LogP contribution in [-0.4, -0.2) is 15.1 Å². The highest BCUT2D eigenvalue weighted by Gasteiger charge is 2.06. The van der Waals surface area contributed by atoms with Gasteiger partial charge in [-0.3, -0.25) is 9.97 Å². The van der Waals surface area contributed by atoms with Gasteiger partial charge in [-0.25, -0.2) is 0 Å². The van der Waals surface area contributed by atoms with E-state index in [1.807, 2.05) is 18.2 Å². The molecule has 1 atom stereocenters. The Morgan fingerprint density at radius 1 is 1.27 bits per heavy atom.